The standard InChI is InChI=1S/C15H26N2O/c1-6-11(2)17(4)12(3)15(16)13-7-9-14(18-5)10-8-13/h7-12,15H,6,16H2,1-5H3. The molecule has 0 aliphatic heterocycles. The van der Waals surface area contributed by atoms with Crippen molar-refractivity contribution in [2.24, 2.45) is 5.73 Å². The smallest absolute Gasteiger partial charge is 0.118 e. The summed E-state index contributed by atoms with van der Waals surface area (Å²) in [6.45, 7) is 6.62. The van der Waals surface area contributed by atoms with Crippen molar-refractivity contribution in [1.29, 1.82) is 0 Å². The lowest BCUT2D eigenvalue weighted by molar-refractivity contribution is 0.169. The molecule has 0 aliphatic carbocycles. The first kappa shape index (κ1) is 15.0. The van der Waals surface area contributed by atoms with Crippen molar-refractivity contribution in [3.05, 3.63) is 29.8 Å². The van der Waals surface area contributed by atoms with Crippen molar-refractivity contribution >= 4 is 0 Å². The van der Waals surface area contributed by atoms with E-state index in [1.165, 1.54) is 0 Å². The summed E-state index contributed by atoms with van der Waals surface area (Å²) in [5, 5.41) is 0. The van der Waals surface area contributed by atoms with Gasteiger partial charge in [-0.05, 0) is 45.0 Å². The molecule has 0 heterocycles. The van der Waals surface area contributed by atoms with Crippen molar-refractivity contribution < 1.29 is 4.74 Å². The maximum atomic E-state index is 6.34. The van der Waals surface area contributed by atoms with Crippen molar-refractivity contribution in [2.45, 2.75) is 45.3 Å². The predicted molar refractivity (Wildman–Crippen MR) is 76.9 cm³/mol. The second-order valence-electron chi connectivity index (χ2n) is 4.96. The quantitative estimate of drug-likeness (QED) is 0.843. The molecule has 0 saturated carbocycles. The molecule has 0 amide bonds. The molecule has 2 N–H and O–H groups in total. The molecule has 1 rings (SSSR count). The van der Waals surface area contributed by atoms with Crippen LogP contribution in [-0.2, 0) is 0 Å². The van der Waals surface area contributed by atoms with E-state index in [1.807, 2.05) is 24.3 Å². The Kier molecular flexibility index (Phi) is 5.63. The summed E-state index contributed by atoms with van der Waals surface area (Å²) in [5.41, 5.74) is 7.49. The van der Waals surface area contributed by atoms with Crippen LogP contribution < -0.4 is 10.5 Å². The highest BCUT2D eigenvalue weighted by molar-refractivity contribution is 5.29. The molecule has 0 aromatic heterocycles. The van der Waals surface area contributed by atoms with Gasteiger partial charge in [0.1, 0.15) is 5.75 Å². The summed E-state index contributed by atoms with van der Waals surface area (Å²) in [6, 6.07) is 8.90. The molecule has 0 fully saturated rings. The minimum Gasteiger partial charge on any atom is -0.497 e. The summed E-state index contributed by atoms with van der Waals surface area (Å²) in [5.74, 6) is 0.869. The van der Waals surface area contributed by atoms with E-state index in [2.05, 4.69) is 32.7 Å². The van der Waals surface area contributed by atoms with Crippen molar-refractivity contribution in [2.75, 3.05) is 14.2 Å². The van der Waals surface area contributed by atoms with Gasteiger partial charge in [0.15, 0.2) is 0 Å². The van der Waals surface area contributed by atoms with Crippen molar-refractivity contribution in [3.8, 4) is 5.75 Å². The van der Waals surface area contributed by atoms with Crippen LogP contribution in [0.5, 0.6) is 5.75 Å². The van der Waals surface area contributed by atoms with Crippen LogP contribution in [0.2, 0.25) is 0 Å². The molecule has 1 aromatic carbocycles. The highest BCUT2D eigenvalue weighted by atomic mass is 16.5. The molecule has 0 aliphatic rings. The van der Waals surface area contributed by atoms with E-state index < -0.39 is 0 Å². The minimum atomic E-state index is 0.0231. The Balaban J connectivity index is 2.75. The normalized spacial score (nSPS) is 16.4. The molecule has 1 aromatic rings. The number of ether oxygens (including phenoxy) is 1. The third-order valence-corrected chi connectivity index (χ3v) is 3.95. The van der Waals surface area contributed by atoms with Crippen molar-refractivity contribution in [1.82, 2.24) is 4.90 Å². The van der Waals surface area contributed by atoms with Crippen LogP contribution in [0.25, 0.3) is 0 Å². The largest absolute Gasteiger partial charge is 0.497 e. The predicted octanol–water partition coefficient (Wildman–Crippen LogP) is 2.81. The van der Waals surface area contributed by atoms with E-state index >= 15 is 0 Å². The second-order valence-corrected chi connectivity index (χ2v) is 4.96. The fraction of sp³-hybridized carbons (Fsp3) is 0.600. The Labute approximate surface area is 111 Å². The monoisotopic (exact) mass is 250 g/mol. The summed E-state index contributed by atoms with van der Waals surface area (Å²) >= 11 is 0. The van der Waals surface area contributed by atoms with Gasteiger partial charge in [-0.15, -0.1) is 0 Å². The molecule has 18 heavy (non-hydrogen) atoms. The molecule has 0 radical (unpaired) electrons. The summed E-state index contributed by atoms with van der Waals surface area (Å²) in [6.07, 6.45) is 1.14. The van der Waals surface area contributed by atoms with Gasteiger partial charge in [-0.1, -0.05) is 19.1 Å². The number of nitrogens with zero attached hydrogens (tertiary/aromatic N) is 1. The third-order valence-electron chi connectivity index (χ3n) is 3.95. The van der Waals surface area contributed by atoms with Gasteiger partial charge in [0, 0.05) is 18.1 Å². The zero-order chi connectivity index (χ0) is 13.7. The maximum absolute atomic E-state index is 6.34. The molecular formula is C15H26N2O. The molecule has 0 spiro atoms. The van der Waals surface area contributed by atoms with E-state index in [-0.39, 0.29) is 6.04 Å². The Morgan fingerprint density at radius 3 is 2.22 bits per heavy atom. The van der Waals surface area contributed by atoms with E-state index in [0.717, 1.165) is 17.7 Å². The maximum Gasteiger partial charge on any atom is 0.118 e. The van der Waals surface area contributed by atoms with Crippen LogP contribution in [0.3, 0.4) is 0 Å². The van der Waals surface area contributed by atoms with Gasteiger partial charge in [-0.2, -0.15) is 0 Å². The van der Waals surface area contributed by atoms with Gasteiger partial charge in [0.05, 0.1) is 7.11 Å². The average molecular weight is 250 g/mol. The zero-order valence-electron chi connectivity index (χ0n) is 12.2. The number of hydrogen-bond donors (Lipinski definition) is 1. The van der Waals surface area contributed by atoms with E-state index in [4.69, 9.17) is 10.5 Å². The second kappa shape index (κ2) is 6.76. The Morgan fingerprint density at radius 2 is 1.78 bits per heavy atom. The van der Waals surface area contributed by atoms with Crippen LogP contribution in [0, 0.1) is 0 Å². The lowest BCUT2D eigenvalue weighted by Gasteiger charge is -2.34. The van der Waals surface area contributed by atoms with Gasteiger partial charge in [-0.25, -0.2) is 0 Å². The van der Waals surface area contributed by atoms with Crippen LogP contribution in [0.15, 0.2) is 24.3 Å². The summed E-state index contributed by atoms with van der Waals surface area (Å²) in [7, 11) is 3.82. The molecular weight excluding hydrogens is 224 g/mol. The van der Waals surface area contributed by atoms with Crippen LogP contribution in [0.1, 0.15) is 38.8 Å². The zero-order valence-corrected chi connectivity index (χ0v) is 12.2. The van der Waals surface area contributed by atoms with Crippen LogP contribution >= 0.6 is 0 Å². The van der Waals surface area contributed by atoms with Crippen LogP contribution in [-0.4, -0.2) is 31.1 Å². The molecule has 0 saturated heterocycles. The number of likely N-dealkylation sites (N-methyl/N-ethyl adjacent to an activating group) is 1. The van der Waals surface area contributed by atoms with Gasteiger partial charge >= 0.3 is 0 Å². The van der Waals surface area contributed by atoms with E-state index in [1.54, 1.807) is 7.11 Å². The van der Waals surface area contributed by atoms with E-state index in [0.29, 0.717) is 12.1 Å². The van der Waals surface area contributed by atoms with Crippen molar-refractivity contribution in [3.63, 3.8) is 0 Å². The van der Waals surface area contributed by atoms with Crippen LogP contribution in [0.4, 0.5) is 0 Å². The topological polar surface area (TPSA) is 38.5 Å². The molecule has 3 unspecified atom stereocenters. The lowest BCUT2D eigenvalue weighted by atomic mass is 9.99. The number of methoxy groups -OCH3 is 1. The molecule has 3 nitrogen and oxygen atoms in total. The highest BCUT2D eigenvalue weighted by Crippen LogP contribution is 2.22. The molecule has 3 heteroatoms. The fourth-order valence-electron chi connectivity index (χ4n) is 2.05. The first-order valence-corrected chi connectivity index (χ1v) is 6.62. The average Bonchev–Trinajstić information content (AvgIpc) is 2.44. The molecule has 3 atom stereocenters. The summed E-state index contributed by atoms with van der Waals surface area (Å²) < 4.78 is 5.16. The first-order valence-electron chi connectivity index (χ1n) is 6.62. The number of benzene rings is 1. The summed E-state index contributed by atoms with van der Waals surface area (Å²) in [4.78, 5) is 2.34. The fourth-order valence-corrected chi connectivity index (χ4v) is 2.05. The minimum absolute atomic E-state index is 0.0231. The first-order chi connectivity index (χ1) is 8.51. The SMILES string of the molecule is CCC(C)N(C)C(C)C(N)c1ccc(OC)cc1. The van der Waals surface area contributed by atoms with Gasteiger partial charge in [-0.3, -0.25) is 4.90 Å². The van der Waals surface area contributed by atoms with Gasteiger partial charge < -0.3 is 10.5 Å². The van der Waals surface area contributed by atoms with E-state index in [9.17, 15) is 0 Å². The van der Waals surface area contributed by atoms with Gasteiger partial charge in [0.2, 0.25) is 0 Å². The number of nitrogens with two attached hydrogens (primary N) is 1. The van der Waals surface area contributed by atoms with Gasteiger partial charge in [0.25, 0.3) is 0 Å². The molecule has 0 bridgehead atoms. The highest BCUT2D eigenvalue weighted by Gasteiger charge is 2.21. The lowest BCUT2D eigenvalue weighted by Crippen LogP contribution is -2.42. The third kappa shape index (κ3) is 3.47. The Hall–Kier alpha value is -1.06. The number of rotatable bonds is 6. The molecule has 102 valence electrons. The Morgan fingerprint density at radius 1 is 1.22 bits per heavy atom. The number of hydrogen-bond acceptors (Lipinski definition) is 3. The Bertz CT molecular complexity index is 350.